The molecule has 0 bridgehead atoms. The molecule has 2 aromatic rings. The molecule has 1 saturated carbocycles. The largest absolute Gasteiger partial charge is 0.396 e. The summed E-state index contributed by atoms with van der Waals surface area (Å²) in [6.07, 6.45) is 1.11. The topological polar surface area (TPSA) is 20.2 Å². The van der Waals surface area contributed by atoms with Gasteiger partial charge in [-0.15, -0.1) is 0 Å². The van der Waals surface area contributed by atoms with Crippen molar-refractivity contribution >= 4 is 10.8 Å². The molecule has 0 aliphatic heterocycles. The first-order valence-electron chi connectivity index (χ1n) is 5.84. The van der Waals surface area contributed by atoms with Crippen LogP contribution >= 0.6 is 0 Å². The molecule has 0 radical (unpaired) electrons. The molecule has 3 rings (SSSR count). The Kier molecular flexibility index (Phi) is 2.05. The highest BCUT2D eigenvalue weighted by Crippen LogP contribution is 2.53. The third kappa shape index (κ3) is 1.35. The van der Waals surface area contributed by atoms with Gasteiger partial charge in [0.1, 0.15) is 0 Å². The number of hydrogen-bond donors (Lipinski definition) is 1. The molecule has 0 aromatic heterocycles. The van der Waals surface area contributed by atoms with Crippen LogP contribution in [0.5, 0.6) is 0 Å². The van der Waals surface area contributed by atoms with Gasteiger partial charge in [-0.05, 0) is 34.1 Å². The van der Waals surface area contributed by atoms with Gasteiger partial charge in [0.15, 0.2) is 0 Å². The van der Waals surface area contributed by atoms with Crippen LogP contribution in [0.3, 0.4) is 0 Å². The lowest BCUT2D eigenvalue weighted by molar-refractivity contribution is 0.265. The van der Waals surface area contributed by atoms with Crippen molar-refractivity contribution in [3.8, 4) is 0 Å². The quantitative estimate of drug-likeness (QED) is 0.811. The maximum absolute atomic E-state index is 9.22. The van der Waals surface area contributed by atoms with Crippen molar-refractivity contribution in [2.24, 2.45) is 5.92 Å². The minimum Gasteiger partial charge on any atom is -0.396 e. The second-order valence-corrected chi connectivity index (χ2v) is 5.06. The first-order valence-corrected chi connectivity index (χ1v) is 5.84. The van der Waals surface area contributed by atoms with Crippen LogP contribution in [0, 0.1) is 5.92 Å². The van der Waals surface area contributed by atoms with E-state index in [0.29, 0.717) is 12.5 Å². The Morgan fingerprint density at radius 3 is 2.62 bits per heavy atom. The Balaban J connectivity index is 2.06. The first kappa shape index (κ1) is 9.86. The van der Waals surface area contributed by atoms with Gasteiger partial charge in [0.2, 0.25) is 0 Å². The lowest BCUT2D eigenvalue weighted by atomic mass is 9.93. The molecule has 0 saturated heterocycles. The predicted octanol–water partition coefficient (Wildman–Crippen LogP) is 3.11. The smallest absolute Gasteiger partial charge is 0.0468 e. The fraction of sp³-hybridized carbons (Fsp3) is 0.333. The van der Waals surface area contributed by atoms with Crippen LogP contribution in [-0.2, 0) is 5.41 Å². The summed E-state index contributed by atoms with van der Waals surface area (Å²) in [5.74, 6) is 0.452. The van der Waals surface area contributed by atoms with Crippen molar-refractivity contribution in [3.63, 3.8) is 0 Å². The molecule has 1 aliphatic carbocycles. The van der Waals surface area contributed by atoms with Crippen molar-refractivity contribution in [2.75, 3.05) is 6.61 Å². The average Bonchev–Trinajstić information content (AvgIpc) is 3.01. The molecular formula is C15H16O. The fourth-order valence-electron chi connectivity index (χ4n) is 2.62. The number of aliphatic hydroxyl groups excluding tert-OH is 1. The van der Waals surface area contributed by atoms with Gasteiger partial charge in [-0.25, -0.2) is 0 Å². The van der Waals surface area contributed by atoms with E-state index in [4.69, 9.17) is 0 Å². The third-order valence-corrected chi connectivity index (χ3v) is 4.04. The lowest BCUT2D eigenvalue weighted by Gasteiger charge is -2.12. The molecule has 16 heavy (non-hydrogen) atoms. The van der Waals surface area contributed by atoms with Crippen LogP contribution in [0.2, 0.25) is 0 Å². The summed E-state index contributed by atoms with van der Waals surface area (Å²) in [6, 6.07) is 15.1. The van der Waals surface area contributed by atoms with Crippen molar-refractivity contribution < 1.29 is 5.11 Å². The highest BCUT2D eigenvalue weighted by Gasteiger charge is 2.50. The maximum atomic E-state index is 9.22. The molecule has 1 aliphatic rings. The van der Waals surface area contributed by atoms with Crippen LogP contribution in [-0.4, -0.2) is 11.7 Å². The normalized spacial score (nSPS) is 28.2. The summed E-state index contributed by atoms with van der Waals surface area (Å²) in [5, 5.41) is 11.8. The molecule has 0 spiro atoms. The van der Waals surface area contributed by atoms with E-state index in [9.17, 15) is 5.11 Å². The van der Waals surface area contributed by atoms with Crippen LogP contribution in [0.25, 0.3) is 10.8 Å². The Morgan fingerprint density at radius 1 is 1.19 bits per heavy atom. The van der Waals surface area contributed by atoms with Gasteiger partial charge in [0, 0.05) is 6.61 Å². The van der Waals surface area contributed by atoms with Crippen LogP contribution in [0.1, 0.15) is 18.9 Å². The van der Waals surface area contributed by atoms with Gasteiger partial charge in [-0.1, -0.05) is 49.4 Å². The Hall–Kier alpha value is -1.34. The summed E-state index contributed by atoms with van der Waals surface area (Å²) in [4.78, 5) is 0. The number of benzene rings is 2. The van der Waals surface area contributed by atoms with Gasteiger partial charge in [-0.3, -0.25) is 0 Å². The van der Waals surface area contributed by atoms with Crippen molar-refractivity contribution in [1.29, 1.82) is 0 Å². The van der Waals surface area contributed by atoms with Gasteiger partial charge in [-0.2, -0.15) is 0 Å². The highest BCUT2D eigenvalue weighted by molar-refractivity contribution is 5.83. The van der Waals surface area contributed by atoms with E-state index in [-0.39, 0.29) is 5.41 Å². The van der Waals surface area contributed by atoms with E-state index >= 15 is 0 Å². The number of aliphatic hydroxyl groups is 1. The predicted molar refractivity (Wildman–Crippen MR) is 66.5 cm³/mol. The van der Waals surface area contributed by atoms with Gasteiger partial charge >= 0.3 is 0 Å². The standard InChI is InChI=1S/C15H16O/c1-15(9-14(15)10-16)13-7-6-11-4-2-3-5-12(11)8-13/h2-8,14,16H,9-10H2,1H3. The lowest BCUT2D eigenvalue weighted by Crippen LogP contribution is -2.06. The minimum absolute atomic E-state index is 0.207. The molecule has 1 heteroatoms. The van der Waals surface area contributed by atoms with E-state index in [2.05, 4.69) is 49.4 Å². The second kappa shape index (κ2) is 3.33. The summed E-state index contributed by atoms with van der Waals surface area (Å²) >= 11 is 0. The van der Waals surface area contributed by atoms with Crippen LogP contribution in [0.15, 0.2) is 42.5 Å². The first-order chi connectivity index (χ1) is 7.74. The Labute approximate surface area is 95.7 Å². The van der Waals surface area contributed by atoms with Gasteiger partial charge in [0.05, 0.1) is 0 Å². The van der Waals surface area contributed by atoms with Crippen LogP contribution in [0.4, 0.5) is 0 Å². The molecule has 82 valence electrons. The second-order valence-electron chi connectivity index (χ2n) is 5.06. The SMILES string of the molecule is CC1(c2ccc3ccccc3c2)CC1CO. The molecule has 1 nitrogen and oxygen atoms in total. The van der Waals surface area contributed by atoms with E-state index in [1.807, 2.05) is 0 Å². The molecule has 0 amide bonds. The van der Waals surface area contributed by atoms with E-state index in [1.54, 1.807) is 0 Å². The van der Waals surface area contributed by atoms with Crippen molar-refractivity contribution in [2.45, 2.75) is 18.8 Å². The zero-order valence-electron chi connectivity index (χ0n) is 9.48. The average molecular weight is 212 g/mol. The summed E-state index contributed by atoms with van der Waals surface area (Å²) in [5.41, 5.74) is 1.57. The molecule has 1 N–H and O–H groups in total. The fourth-order valence-corrected chi connectivity index (χ4v) is 2.62. The van der Waals surface area contributed by atoms with Gasteiger partial charge in [0.25, 0.3) is 0 Å². The molecular weight excluding hydrogens is 196 g/mol. The summed E-state index contributed by atoms with van der Waals surface area (Å²) < 4.78 is 0. The molecule has 0 heterocycles. The summed E-state index contributed by atoms with van der Waals surface area (Å²) in [7, 11) is 0. The monoisotopic (exact) mass is 212 g/mol. The zero-order valence-corrected chi connectivity index (χ0v) is 9.48. The van der Waals surface area contributed by atoms with E-state index in [0.717, 1.165) is 6.42 Å². The number of rotatable bonds is 2. The third-order valence-electron chi connectivity index (χ3n) is 4.04. The molecule has 2 aromatic carbocycles. The van der Waals surface area contributed by atoms with Crippen molar-refractivity contribution in [3.05, 3.63) is 48.0 Å². The zero-order chi connectivity index (χ0) is 11.2. The molecule has 1 fully saturated rings. The molecule has 2 unspecified atom stereocenters. The van der Waals surface area contributed by atoms with Gasteiger partial charge < -0.3 is 5.11 Å². The van der Waals surface area contributed by atoms with E-state index < -0.39 is 0 Å². The minimum atomic E-state index is 0.207. The Morgan fingerprint density at radius 2 is 1.94 bits per heavy atom. The summed E-state index contributed by atoms with van der Waals surface area (Å²) in [6.45, 7) is 2.56. The van der Waals surface area contributed by atoms with Crippen LogP contribution < -0.4 is 0 Å². The highest BCUT2D eigenvalue weighted by atomic mass is 16.3. The maximum Gasteiger partial charge on any atom is 0.0468 e. The molecule has 2 atom stereocenters. The number of fused-ring (bicyclic) bond motifs is 1. The van der Waals surface area contributed by atoms with Crippen molar-refractivity contribution in [1.82, 2.24) is 0 Å². The van der Waals surface area contributed by atoms with E-state index in [1.165, 1.54) is 16.3 Å². The Bertz CT molecular complexity index is 532. The number of hydrogen-bond acceptors (Lipinski definition) is 1.